The molecule has 126 valence electrons. The predicted octanol–water partition coefficient (Wildman–Crippen LogP) is 6.75. The molecular weight excluding hydrogens is 599 g/mol. The van der Waals surface area contributed by atoms with Crippen LogP contribution in [0, 0.1) is 0 Å². The monoisotopic (exact) mass is 632 g/mol. The van der Waals surface area contributed by atoms with Crippen LogP contribution in [-0.2, 0) is 6.54 Å². The first kappa shape index (κ1) is 27.2. The number of aromatic nitrogens is 1. The van der Waals surface area contributed by atoms with Crippen LogP contribution in [0.2, 0.25) is 0 Å². The Bertz CT molecular complexity index is 281. The van der Waals surface area contributed by atoms with E-state index in [1.54, 1.807) is 0 Å². The minimum absolute atomic E-state index is 0. The lowest BCUT2D eigenvalue weighted by atomic mass is 10.1. The first-order valence-electron chi connectivity index (χ1n) is 7.87. The minimum Gasteiger partial charge on any atom is -0.205 e. The molecule has 1 heterocycles. The molecule has 0 aliphatic heterocycles. The van der Waals surface area contributed by atoms with Crippen LogP contribution in [0.25, 0.3) is 0 Å². The van der Waals surface area contributed by atoms with Crippen molar-refractivity contribution in [2.24, 2.45) is 0 Å². The highest BCUT2D eigenvalue weighted by molar-refractivity contribution is 14.0. The second-order valence-electron chi connectivity index (χ2n) is 5.30. The number of unbranched alkanes of at least 4 members (excludes halogenated alkanes) is 9. The Morgan fingerprint density at radius 3 is 1.48 bits per heavy atom. The Kier molecular flexibility index (Phi) is 27.6. The average Bonchev–Trinajstić information content (AvgIpc) is 2.42. The first-order valence-corrected chi connectivity index (χ1v) is 7.87. The molecule has 0 aliphatic carbocycles. The largest absolute Gasteiger partial charge is 0.205 e. The molecule has 0 spiro atoms. The van der Waals surface area contributed by atoms with Gasteiger partial charge in [-0.05, 0) is 6.42 Å². The highest BCUT2D eigenvalue weighted by Gasteiger charge is 1.97. The molecule has 0 saturated heterocycles. The van der Waals surface area contributed by atoms with Gasteiger partial charge in [0.15, 0.2) is 12.4 Å². The van der Waals surface area contributed by atoms with Crippen LogP contribution in [0.4, 0.5) is 0 Å². The molecule has 0 N–H and O–H groups in total. The van der Waals surface area contributed by atoms with Crippen LogP contribution in [-0.4, -0.2) is 0 Å². The molecule has 1 aromatic heterocycles. The van der Waals surface area contributed by atoms with Crippen molar-refractivity contribution in [3.05, 3.63) is 30.6 Å². The summed E-state index contributed by atoms with van der Waals surface area (Å²) < 4.78 is 2.28. The number of aryl methyl sites for hydroxylation is 1. The molecule has 0 atom stereocenters. The second kappa shape index (κ2) is 21.3. The van der Waals surface area contributed by atoms with Crippen molar-refractivity contribution in [1.29, 1.82) is 0 Å². The summed E-state index contributed by atoms with van der Waals surface area (Å²) in [6.45, 7) is 3.46. The van der Waals surface area contributed by atoms with E-state index in [9.17, 15) is 0 Å². The lowest BCUT2D eigenvalue weighted by molar-refractivity contribution is -0.697. The maximum Gasteiger partial charge on any atom is 0.168 e. The fourth-order valence-electron chi connectivity index (χ4n) is 2.37. The number of nitrogens with zero attached hydrogens (tertiary/aromatic N) is 1. The van der Waals surface area contributed by atoms with Gasteiger partial charge in [-0.25, -0.2) is 4.57 Å². The van der Waals surface area contributed by atoms with Crippen LogP contribution in [0.5, 0.6) is 0 Å². The summed E-state index contributed by atoms with van der Waals surface area (Å²) in [7, 11) is 0. The zero-order valence-corrected chi connectivity index (χ0v) is 20.3. The van der Waals surface area contributed by atoms with Gasteiger partial charge >= 0.3 is 0 Å². The summed E-state index contributed by atoms with van der Waals surface area (Å²) in [6, 6.07) is 6.29. The Morgan fingerprint density at radius 2 is 1.00 bits per heavy atom. The van der Waals surface area contributed by atoms with Crippen molar-refractivity contribution in [1.82, 2.24) is 0 Å². The quantitative estimate of drug-likeness (QED) is 0.145. The molecule has 0 saturated carbocycles. The zero-order chi connectivity index (χ0) is 12.9. The number of halogens is 3. The van der Waals surface area contributed by atoms with E-state index in [-0.39, 0.29) is 71.9 Å². The van der Waals surface area contributed by atoms with E-state index in [4.69, 9.17) is 0 Å². The number of hydrogen-bond donors (Lipinski definition) is 0. The summed E-state index contributed by atoms with van der Waals surface area (Å²) in [5, 5.41) is 0. The van der Waals surface area contributed by atoms with Gasteiger partial charge < -0.3 is 0 Å². The second-order valence-corrected chi connectivity index (χ2v) is 5.30. The third-order valence-electron chi connectivity index (χ3n) is 3.55. The number of rotatable bonds is 11. The van der Waals surface area contributed by atoms with E-state index in [0.29, 0.717) is 0 Å². The smallest absolute Gasteiger partial charge is 0.168 e. The molecule has 1 nitrogen and oxygen atoms in total. The fraction of sp³-hybridized carbons (Fsp3) is 0.706. The highest BCUT2D eigenvalue weighted by Crippen LogP contribution is 2.10. The van der Waals surface area contributed by atoms with E-state index in [2.05, 4.69) is 42.1 Å². The van der Waals surface area contributed by atoms with Crippen LogP contribution >= 0.6 is 71.9 Å². The third kappa shape index (κ3) is 17.5. The van der Waals surface area contributed by atoms with Gasteiger partial charge in [0.2, 0.25) is 0 Å². The molecule has 0 radical (unpaired) electrons. The van der Waals surface area contributed by atoms with Crippen molar-refractivity contribution in [3.63, 3.8) is 0 Å². The van der Waals surface area contributed by atoms with Gasteiger partial charge in [0, 0.05) is 18.6 Å². The molecule has 21 heavy (non-hydrogen) atoms. The Hall–Kier alpha value is 1.34. The Labute approximate surface area is 183 Å². The molecule has 4 heteroatoms. The SMILES string of the molecule is CCCCCCCCCCCC[n+]1ccccc1.I.I.I. The van der Waals surface area contributed by atoms with Crippen molar-refractivity contribution >= 4 is 71.9 Å². The summed E-state index contributed by atoms with van der Waals surface area (Å²) >= 11 is 0. The molecule has 1 rings (SSSR count). The van der Waals surface area contributed by atoms with Crippen LogP contribution in [0.1, 0.15) is 71.1 Å². The Balaban J connectivity index is -0.00000108. The molecule has 0 unspecified atom stereocenters. The van der Waals surface area contributed by atoms with Crippen LogP contribution < -0.4 is 4.57 Å². The van der Waals surface area contributed by atoms with Crippen molar-refractivity contribution in [2.45, 2.75) is 77.7 Å². The molecule has 1 aromatic rings. The normalized spacial score (nSPS) is 9.19. The van der Waals surface area contributed by atoms with Gasteiger partial charge in [0.05, 0.1) is 0 Å². The lowest BCUT2D eigenvalue weighted by Gasteiger charge is -2.01. The van der Waals surface area contributed by atoms with Crippen molar-refractivity contribution in [3.8, 4) is 0 Å². The van der Waals surface area contributed by atoms with Gasteiger partial charge in [-0.15, -0.1) is 71.9 Å². The molecule has 0 bridgehead atoms. The third-order valence-corrected chi connectivity index (χ3v) is 3.55. The van der Waals surface area contributed by atoms with Crippen molar-refractivity contribution < 1.29 is 4.57 Å². The standard InChI is InChI=1S/C17H30N.3HI/c1-2-3-4-5-6-7-8-9-10-12-15-18-16-13-11-14-17-18;;;/h11,13-14,16-17H,2-10,12,15H2,1H3;3*1H/q+1;;;. The lowest BCUT2D eigenvalue weighted by Crippen LogP contribution is -2.32. The molecule has 0 fully saturated rings. The van der Waals surface area contributed by atoms with Gasteiger partial charge in [0.25, 0.3) is 0 Å². The molecule has 0 amide bonds. The van der Waals surface area contributed by atoms with Crippen molar-refractivity contribution in [2.75, 3.05) is 0 Å². The van der Waals surface area contributed by atoms with E-state index >= 15 is 0 Å². The summed E-state index contributed by atoms with van der Waals surface area (Å²) in [5.41, 5.74) is 0. The molecule has 0 aromatic carbocycles. The predicted molar refractivity (Wildman–Crippen MR) is 125 cm³/mol. The topological polar surface area (TPSA) is 3.88 Å². The summed E-state index contributed by atoms with van der Waals surface area (Å²) in [5.74, 6) is 0. The van der Waals surface area contributed by atoms with Gasteiger partial charge in [-0.3, -0.25) is 0 Å². The van der Waals surface area contributed by atoms with Crippen LogP contribution in [0.3, 0.4) is 0 Å². The number of pyridine rings is 1. The van der Waals surface area contributed by atoms with Crippen LogP contribution in [0.15, 0.2) is 30.6 Å². The maximum atomic E-state index is 2.28. The minimum atomic E-state index is 0. The van der Waals surface area contributed by atoms with Gasteiger partial charge in [-0.2, -0.15) is 0 Å². The van der Waals surface area contributed by atoms with Gasteiger partial charge in [0.1, 0.15) is 6.54 Å². The zero-order valence-electron chi connectivity index (χ0n) is 13.3. The first-order chi connectivity index (χ1) is 8.93. The molecule has 0 aliphatic rings. The van der Waals surface area contributed by atoms with E-state index in [1.807, 2.05) is 0 Å². The summed E-state index contributed by atoms with van der Waals surface area (Å²) in [4.78, 5) is 0. The fourth-order valence-corrected chi connectivity index (χ4v) is 2.37. The maximum absolute atomic E-state index is 2.28. The number of hydrogen-bond acceptors (Lipinski definition) is 0. The van der Waals surface area contributed by atoms with Gasteiger partial charge in [-0.1, -0.05) is 64.4 Å². The van der Waals surface area contributed by atoms with E-state index in [0.717, 1.165) is 0 Å². The average molecular weight is 632 g/mol. The highest BCUT2D eigenvalue weighted by atomic mass is 127. The van der Waals surface area contributed by atoms with E-state index < -0.39 is 0 Å². The summed E-state index contributed by atoms with van der Waals surface area (Å²) in [6.07, 6.45) is 18.5. The molecular formula is C17H33I3N+. The Morgan fingerprint density at radius 1 is 0.571 bits per heavy atom. The van der Waals surface area contributed by atoms with E-state index in [1.165, 1.54) is 70.8 Å².